The summed E-state index contributed by atoms with van der Waals surface area (Å²) in [6.07, 6.45) is 6.18. The van der Waals surface area contributed by atoms with Crippen LogP contribution in [0.3, 0.4) is 0 Å². The van der Waals surface area contributed by atoms with Crippen LogP contribution in [0.5, 0.6) is 0 Å². The fourth-order valence-electron chi connectivity index (χ4n) is 1.39. The summed E-state index contributed by atoms with van der Waals surface area (Å²) >= 11 is 0. The Morgan fingerprint density at radius 2 is 2.00 bits per heavy atom. The van der Waals surface area contributed by atoms with Crippen molar-refractivity contribution >= 4 is 0 Å². The van der Waals surface area contributed by atoms with Gasteiger partial charge in [0, 0.05) is 0 Å². The van der Waals surface area contributed by atoms with E-state index in [4.69, 9.17) is 0 Å². The first kappa shape index (κ1) is 12.4. The zero-order valence-corrected chi connectivity index (χ0v) is 9.23. The summed E-state index contributed by atoms with van der Waals surface area (Å²) in [5, 5.41) is 0. The fraction of sp³-hybridized carbons (Fsp3) is 0.667. The Morgan fingerprint density at radius 3 is 2.38 bits per heavy atom. The summed E-state index contributed by atoms with van der Waals surface area (Å²) in [6.45, 7) is 7.86. The summed E-state index contributed by atoms with van der Waals surface area (Å²) in [6, 6.07) is 0. The molecule has 0 aliphatic rings. The van der Waals surface area contributed by atoms with Crippen molar-refractivity contribution < 1.29 is 4.39 Å². The van der Waals surface area contributed by atoms with Gasteiger partial charge in [0.2, 0.25) is 0 Å². The Hall–Kier alpha value is -0.590. The molecule has 0 atom stereocenters. The van der Waals surface area contributed by atoms with Gasteiger partial charge in [0.25, 0.3) is 0 Å². The molecule has 0 aliphatic carbocycles. The third kappa shape index (κ3) is 4.87. The molecule has 0 radical (unpaired) electrons. The van der Waals surface area contributed by atoms with E-state index in [2.05, 4.69) is 6.08 Å². The zero-order valence-electron chi connectivity index (χ0n) is 9.23. The Morgan fingerprint density at radius 1 is 1.38 bits per heavy atom. The van der Waals surface area contributed by atoms with E-state index in [9.17, 15) is 4.39 Å². The van der Waals surface area contributed by atoms with E-state index in [1.165, 1.54) is 5.57 Å². The number of halogens is 1. The number of hydrogen-bond donors (Lipinski definition) is 0. The molecule has 0 aromatic heterocycles. The van der Waals surface area contributed by atoms with E-state index in [1.807, 2.05) is 33.8 Å². The van der Waals surface area contributed by atoms with E-state index in [0.29, 0.717) is 5.92 Å². The quantitative estimate of drug-likeness (QED) is 0.559. The highest BCUT2D eigenvalue weighted by Gasteiger charge is 2.06. The molecule has 0 aromatic rings. The predicted molar refractivity (Wildman–Crippen MR) is 57.6 cm³/mol. The van der Waals surface area contributed by atoms with E-state index < -0.39 is 0 Å². The second kappa shape index (κ2) is 6.88. The lowest BCUT2D eigenvalue weighted by atomic mass is 9.96. The highest BCUT2D eigenvalue weighted by Crippen LogP contribution is 2.19. The molecule has 13 heavy (non-hydrogen) atoms. The Kier molecular flexibility index (Phi) is 6.56. The second-order valence-corrected chi connectivity index (χ2v) is 3.70. The van der Waals surface area contributed by atoms with Crippen molar-refractivity contribution in [2.75, 3.05) is 6.67 Å². The van der Waals surface area contributed by atoms with Crippen LogP contribution in [0.2, 0.25) is 0 Å². The lowest BCUT2D eigenvalue weighted by Gasteiger charge is -2.11. The molecule has 76 valence electrons. The summed E-state index contributed by atoms with van der Waals surface area (Å²) in [5.74, 6) is 0.343. The fourth-order valence-corrected chi connectivity index (χ4v) is 1.39. The third-order valence-electron chi connectivity index (χ3n) is 2.31. The van der Waals surface area contributed by atoms with Crippen LogP contribution in [-0.2, 0) is 0 Å². The topological polar surface area (TPSA) is 0 Å². The molecule has 0 heterocycles. The van der Waals surface area contributed by atoms with Crippen LogP contribution < -0.4 is 0 Å². The van der Waals surface area contributed by atoms with Crippen LogP contribution in [0.4, 0.5) is 4.39 Å². The monoisotopic (exact) mass is 184 g/mol. The van der Waals surface area contributed by atoms with Gasteiger partial charge in [0.05, 0.1) is 0 Å². The van der Waals surface area contributed by atoms with Crippen LogP contribution in [0.1, 0.15) is 40.5 Å². The molecule has 0 saturated heterocycles. The SMILES string of the molecule is CC=CCCC(C)=C(CF)C(C)C. The molecule has 0 aliphatic heterocycles. The van der Waals surface area contributed by atoms with Crippen LogP contribution >= 0.6 is 0 Å². The van der Waals surface area contributed by atoms with Gasteiger partial charge in [-0.15, -0.1) is 0 Å². The van der Waals surface area contributed by atoms with E-state index in [1.54, 1.807) is 0 Å². The molecule has 0 unspecified atom stereocenters. The first-order valence-corrected chi connectivity index (χ1v) is 4.99. The van der Waals surface area contributed by atoms with Crippen molar-refractivity contribution in [2.24, 2.45) is 5.92 Å². The Balaban J connectivity index is 4.21. The van der Waals surface area contributed by atoms with Gasteiger partial charge in [-0.05, 0) is 38.2 Å². The van der Waals surface area contributed by atoms with Crippen LogP contribution in [0.15, 0.2) is 23.3 Å². The average molecular weight is 184 g/mol. The van der Waals surface area contributed by atoms with Crippen molar-refractivity contribution in [3.63, 3.8) is 0 Å². The normalized spacial score (nSPS) is 14.0. The molecular weight excluding hydrogens is 163 g/mol. The van der Waals surface area contributed by atoms with Crippen molar-refractivity contribution in [3.8, 4) is 0 Å². The third-order valence-corrected chi connectivity index (χ3v) is 2.31. The van der Waals surface area contributed by atoms with Gasteiger partial charge in [-0.3, -0.25) is 0 Å². The smallest absolute Gasteiger partial charge is 0.111 e. The molecule has 0 N–H and O–H groups in total. The average Bonchev–Trinajstić information content (AvgIpc) is 2.05. The number of rotatable bonds is 5. The maximum Gasteiger partial charge on any atom is 0.111 e. The minimum Gasteiger partial charge on any atom is -0.246 e. The maximum atomic E-state index is 12.6. The molecule has 1 heteroatoms. The van der Waals surface area contributed by atoms with Gasteiger partial charge in [-0.2, -0.15) is 0 Å². The number of allylic oxidation sites excluding steroid dienone is 4. The Labute approximate surface area is 81.5 Å². The standard InChI is InChI=1S/C12H21F/c1-5-6-7-8-11(4)12(9-13)10(2)3/h5-6,10H,7-9H2,1-4H3. The summed E-state index contributed by atoms with van der Waals surface area (Å²) in [4.78, 5) is 0. The number of alkyl halides is 1. The zero-order chi connectivity index (χ0) is 10.3. The van der Waals surface area contributed by atoms with E-state index in [0.717, 1.165) is 18.4 Å². The van der Waals surface area contributed by atoms with Gasteiger partial charge in [-0.1, -0.05) is 31.6 Å². The largest absolute Gasteiger partial charge is 0.246 e. The first-order valence-electron chi connectivity index (χ1n) is 4.99. The molecule has 0 aromatic carbocycles. The van der Waals surface area contributed by atoms with E-state index in [-0.39, 0.29) is 6.67 Å². The van der Waals surface area contributed by atoms with Crippen molar-refractivity contribution in [2.45, 2.75) is 40.5 Å². The number of hydrogen-bond acceptors (Lipinski definition) is 0. The molecule has 0 amide bonds. The predicted octanol–water partition coefficient (Wildman–Crippen LogP) is 4.28. The van der Waals surface area contributed by atoms with Crippen LogP contribution in [0, 0.1) is 5.92 Å². The highest BCUT2D eigenvalue weighted by molar-refractivity contribution is 5.15. The lowest BCUT2D eigenvalue weighted by molar-refractivity contribution is 0.502. The molecule has 0 nitrogen and oxygen atoms in total. The summed E-state index contributed by atoms with van der Waals surface area (Å²) in [5.41, 5.74) is 2.19. The second-order valence-electron chi connectivity index (χ2n) is 3.70. The van der Waals surface area contributed by atoms with Gasteiger partial charge in [0.1, 0.15) is 6.67 Å². The van der Waals surface area contributed by atoms with E-state index >= 15 is 0 Å². The Bertz CT molecular complexity index is 187. The van der Waals surface area contributed by atoms with Crippen LogP contribution in [-0.4, -0.2) is 6.67 Å². The molecular formula is C12H21F. The highest BCUT2D eigenvalue weighted by atomic mass is 19.1. The van der Waals surface area contributed by atoms with Crippen molar-refractivity contribution in [3.05, 3.63) is 23.3 Å². The van der Waals surface area contributed by atoms with Crippen molar-refractivity contribution in [1.29, 1.82) is 0 Å². The molecule has 0 fully saturated rings. The molecule has 0 rings (SSSR count). The minimum atomic E-state index is -0.292. The summed E-state index contributed by atoms with van der Waals surface area (Å²) in [7, 11) is 0. The van der Waals surface area contributed by atoms with Gasteiger partial charge in [0.15, 0.2) is 0 Å². The van der Waals surface area contributed by atoms with Gasteiger partial charge >= 0.3 is 0 Å². The summed E-state index contributed by atoms with van der Waals surface area (Å²) < 4.78 is 12.6. The molecule has 0 bridgehead atoms. The molecule has 0 spiro atoms. The lowest BCUT2D eigenvalue weighted by Crippen LogP contribution is -2.00. The molecule has 0 saturated carbocycles. The first-order chi connectivity index (χ1) is 6.13. The van der Waals surface area contributed by atoms with Gasteiger partial charge in [-0.25, -0.2) is 4.39 Å². The minimum absolute atomic E-state index is 0.292. The maximum absolute atomic E-state index is 12.6. The van der Waals surface area contributed by atoms with Gasteiger partial charge < -0.3 is 0 Å². The van der Waals surface area contributed by atoms with Crippen LogP contribution in [0.25, 0.3) is 0 Å². The van der Waals surface area contributed by atoms with Crippen molar-refractivity contribution in [1.82, 2.24) is 0 Å².